The second kappa shape index (κ2) is 9.80. The number of carbonyl (C=O) groups excluding carboxylic acids is 2. The summed E-state index contributed by atoms with van der Waals surface area (Å²) in [6.07, 6.45) is 3.06. The lowest BCUT2D eigenvalue weighted by molar-refractivity contribution is -0.132. The highest BCUT2D eigenvalue weighted by atomic mass is 16.6. The van der Waals surface area contributed by atoms with Crippen LogP contribution < -0.4 is 14.8 Å². The summed E-state index contributed by atoms with van der Waals surface area (Å²) >= 11 is 0. The summed E-state index contributed by atoms with van der Waals surface area (Å²) in [7, 11) is 1.48. The number of hydrogen-bond acceptors (Lipinski definition) is 6. The number of rotatable bonds is 6. The number of anilines is 1. The number of para-hydroxylation sites is 1. The van der Waals surface area contributed by atoms with Gasteiger partial charge in [0.1, 0.15) is 5.82 Å². The molecule has 0 aliphatic carbocycles. The highest BCUT2D eigenvalue weighted by Gasteiger charge is 2.14. The van der Waals surface area contributed by atoms with Crippen LogP contribution in [-0.4, -0.2) is 33.8 Å². The van der Waals surface area contributed by atoms with Crippen molar-refractivity contribution < 1.29 is 19.1 Å². The van der Waals surface area contributed by atoms with Gasteiger partial charge in [-0.1, -0.05) is 24.3 Å². The maximum atomic E-state index is 12.7. The Bertz CT molecular complexity index is 1470. The molecule has 0 bridgehead atoms. The topological polar surface area (TPSA) is 95.3 Å². The van der Waals surface area contributed by atoms with E-state index in [2.05, 4.69) is 10.4 Å². The Morgan fingerprint density at radius 2 is 1.80 bits per heavy atom. The second-order valence-electron chi connectivity index (χ2n) is 8.18. The molecule has 4 rings (SSSR count). The average molecular weight is 471 g/mol. The van der Waals surface area contributed by atoms with Crippen LogP contribution in [0, 0.1) is 20.8 Å². The van der Waals surface area contributed by atoms with Crippen LogP contribution in [0.3, 0.4) is 0 Å². The summed E-state index contributed by atoms with van der Waals surface area (Å²) in [5.41, 5.74) is 4.50. The number of hydrogen-bond donors (Lipinski definition) is 1. The minimum atomic E-state index is -0.441. The van der Waals surface area contributed by atoms with Crippen LogP contribution in [0.2, 0.25) is 0 Å². The third-order valence-corrected chi connectivity index (χ3v) is 5.40. The van der Waals surface area contributed by atoms with E-state index in [1.165, 1.54) is 20.1 Å². The van der Waals surface area contributed by atoms with Gasteiger partial charge in [-0.3, -0.25) is 9.59 Å². The van der Waals surface area contributed by atoms with Crippen LogP contribution >= 0.6 is 0 Å². The van der Waals surface area contributed by atoms with Crippen LogP contribution in [0.1, 0.15) is 29.3 Å². The molecule has 0 saturated carbocycles. The molecule has 4 aromatic rings. The number of esters is 1. The minimum Gasteiger partial charge on any atom is -0.493 e. The fourth-order valence-electron chi connectivity index (χ4n) is 3.78. The molecule has 2 aromatic carbocycles. The molecule has 1 N–H and O–H groups in total. The van der Waals surface area contributed by atoms with E-state index in [1.54, 1.807) is 35.0 Å². The second-order valence-corrected chi connectivity index (χ2v) is 8.18. The summed E-state index contributed by atoms with van der Waals surface area (Å²) < 4.78 is 12.0. The van der Waals surface area contributed by atoms with E-state index in [0.29, 0.717) is 28.7 Å². The first-order valence-corrected chi connectivity index (χ1v) is 11.0. The van der Waals surface area contributed by atoms with E-state index in [-0.39, 0.29) is 5.91 Å². The fourth-order valence-corrected chi connectivity index (χ4v) is 3.78. The first kappa shape index (κ1) is 23.7. The van der Waals surface area contributed by atoms with Crippen molar-refractivity contribution in [3.05, 3.63) is 77.0 Å². The Kier molecular flexibility index (Phi) is 6.64. The van der Waals surface area contributed by atoms with Crippen molar-refractivity contribution in [2.75, 3.05) is 12.4 Å². The number of nitrogens with zero attached hydrogens (tertiary/aromatic N) is 3. The molecule has 2 aromatic heterocycles. The first-order chi connectivity index (χ1) is 16.7. The number of pyridine rings is 1. The van der Waals surface area contributed by atoms with Crippen LogP contribution in [0.5, 0.6) is 11.5 Å². The van der Waals surface area contributed by atoms with Crippen LogP contribution in [0.25, 0.3) is 22.8 Å². The summed E-state index contributed by atoms with van der Waals surface area (Å²) in [6, 6.07) is 14.9. The third kappa shape index (κ3) is 5.22. The lowest BCUT2D eigenvalue weighted by atomic mass is 10.1. The Labute approximate surface area is 203 Å². The van der Waals surface area contributed by atoms with Gasteiger partial charge in [0.15, 0.2) is 17.3 Å². The van der Waals surface area contributed by atoms with Gasteiger partial charge >= 0.3 is 5.97 Å². The third-order valence-electron chi connectivity index (χ3n) is 5.40. The van der Waals surface area contributed by atoms with Gasteiger partial charge < -0.3 is 14.8 Å². The predicted molar refractivity (Wildman–Crippen MR) is 135 cm³/mol. The Morgan fingerprint density at radius 3 is 2.54 bits per heavy atom. The van der Waals surface area contributed by atoms with Gasteiger partial charge in [0.25, 0.3) is 0 Å². The van der Waals surface area contributed by atoms with Crippen molar-refractivity contribution in [2.24, 2.45) is 0 Å². The van der Waals surface area contributed by atoms with E-state index in [0.717, 1.165) is 27.7 Å². The molecule has 0 aliphatic rings. The largest absolute Gasteiger partial charge is 0.493 e. The van der Waals surface area contributed by atoms with Gasteiger partial charge in [0, 0.05) is 24.5 Å². The van der Waals surface area contributed by atoms with Crippen molar-refractivity contribution in [3.63, 3.8) is 0 Å². The number of amides is 1. The number of methoxy groups -OCH3 is 1. The molecule has 35 heavy (non-hydrogen) atoms. The van der Waals surface area contributed by atoms with Gasteiger partial charge in [-0.25, -0.2) is 4.98 Å². The molecule has 0 fully saturated rings. The van der Waals surface area contributed by atoms with Crippen LogP contribution in [-0.2, 0) is 9.59 Å². The molecule has 8 heteroatoms. The first-order valence-electron chi connectivity index (χ1n) is 11.0. The summed E-state index contributed by atoms with van der Waals surface area (Å²) in [6.45, 7) is 7.23. The standard InChI is InChI=1S/C27H26N4O4/c1-16-7-6-8-21-17(2)13-24(29-27(16)21)31-25(14-18(3)30-31)28-26(33)12-10-20-9-11-22(35-19(4)32)23(15-20)34-5/h6-15H,1-5H3,(H,28,33)/b12-10+. The normalized spacial score (nSPS) is 11.1. The van der Waals surface area contributed by atoms with Gasteiger partial charge in [-0.05, 0) is 61.7 Å². The number of aromatic nitrogens is 3. The molecule has 0 aliphatic heterocycles. The lowest BCUT2D eigenvalue weighted by Gasteiger charge is -2.11. The maximum absolute atomic E-state index is 12.7. The van der Waals surface area contributed by atoms with E-state index in [1.807, 2.05) is 45.0 Å². The average Bonchev–Trinajstić information content (AvgIpc) is 3.18. The Balaban J connectivity index is 1.58. The number of fused-ring (bicyclic) bond motifs is 1. The molecule has 0 spiro atoms. The summed E-state index contributed by atoms with van der Waals surface area (Å²) in [4.78, 5) is 28.8. The zero-order valence-electron chi connectivity index (χ0n) is 20.2. The molecular weight excluding hydrogens is 444 g/mol. The Morgan fingerprint density at radius 1 is 1.00 bits per heavy atom. The van der Waals surface area contributed by atoms with E-state index in [4.69, 9.17) is 14.5 Å². The molecule has 0 saturated heterocycles. The molecular formula is C27H26N4O4. The van der Waals surface area contributed by atoms with Crippen molar-refractivity contribution in [3.8, 4) is 17.3 Å². The van der Waals surface area contributed by atoms with Gasteiger partial charge in [0.05, 0.1) is 18.3 Å². The fraction of sp³-hybridized carbons (Fsp3) is 0.185. The summed E-state index contributed by atoms with van der Waals surface area (Å²) in [5.74, 6) is 1.08. The quantitative estimate of drug-likeness (QED) is 0.244. The molecule has 1 amide bonds. The molecule has 0 unspecified atom stereocenters. The monoisotopic (exact) mass is 470 g/mol. The lowest BCUT2D eigenvalue weighted by Crippen LogP contribution is -2.13. The van der Waals surface area contributed by atoms with Crippen molar-refractivity contribution in [1.29, 1.82) is 0 Å². The molecule has 0 radical (unpaired) electrons. The highest BCUT2D eigenvalue weighted by molar-refractivity contribution is 6.01. The van der Waals surface area contributed by atoms with Crippen LogP contribution in [0.15, 0.2) is 54.6 Å². The van der Waals surface area contributed by atoms with E-state index < -0.39 is 5.97 Å². The number of nitrogens with one attached hydrogen (secondary N) is 1. The molecule has 8 nitrogen and oxygen atoms in total. The maximum Gasteiger partial charge on any atom is 0.308 e. The van der Waals surface area contributed by atoms with E-state index >= 15 is 0 Å². The van der Waals surface area contributed by atoms with Crippen molar-refractivity contribution in [2.45, 2.75) is 27.7 Å². The molecule has 0 atom stereocenters. The highest BCUT2D eigenvalue weighted by Crippen LogP contribution is 2.29. The zero-order valence-corrected chi connectivity index (χ0v) is 20.2. The van der Waals surface area contributed by atoms with Gasteiger partial charge in [0.2, 0.25) is 5.91 Å². The van der Waals surface area contributed by atoms with Gasteiger partial charge in [-0.15, -0.1) is 0 Å². The number of carbonyl (C=O) groups is 2. The van der Waals surface area contributed by atoms with Crippen LogP contribution in [0.4, 0.5) is 5.82 Å². The molecule has 2 heterocycles. The van der Waals surface area contributed by atoms with Crippen molar-refractivity contribution >= 4 is 34.7 Å². The zero-order chi connectivity index (χ0) is 25.1. The SMILES string of the molecule is COc1cc(/C=C/C(=O)Nc2cc(C)nn2-c2cc(C)c3cccc(C)c3n2)ccc1OC(C)=O. The predicted octanol–water partition coefficient (Wildman–Crippen LogP) is 4.93. The number of ether oxygens (including phenoxy) is 2. The Hall–Kier alpha value is -4.46. The smallest absolute Gasteiger partial charge is 0.308 e. The molecule has 178 valence electrons. The minimum absolute atomic E-state index is 0.314. The van der Waals surface area contributed by atoms with Crippen molar-refractivity contribution in [1.82, 2.24) is 14.8 Å². The van der Waals surface area contributed by atoms with E-state index in [9.17, 15) is 9.59 Å². The summed E-state index contributed by atoms with van der Waals surface area (Å²) in [5, 5.41) is 8.51. The number of benzene rings is 2. The number of aryl methyl sites for hydroxylation is 3. The van der Waals surface area contributed by atoms with Gasteiger partial charge in [-0.2, -0.15) is 9.78 Å².